The molecule has 0 N–H and O–H groups in total. The van der Waals surface area contributed by atoms with Crippen molar-refractivity contribution in [1.29, 1.82) is 0 Å². The summed E-state index contributed by atoms with van der Waals surface area (Å²) in [4.78, 5) is 28.8. The molecule has 2 amide bonds. The molecule has 0 aliphatic carbocycles. The first-order chi connectivity index (χ1) is 12.1. The van der Waals surface area contributed by atoms with Crippen molar-refractivity contribution in [2.45, 2.75) is 33.6 Å². The minimum atomic E-state index is -0.207. The van der Waals surface area contributed by atoms with Crippen LogP contribution >= 0.6 is 11.8 Å². The Labute approximate surface area is 154 Å². The van der Waals surface area contributed by atoms with Crippen molar-refractivity contribution in [2.75, 3.05) is 26.4 Å². The van der Waals surface area contributed by atoms with E-state index in [1.807, 2.05) is 31.2 Å². The lowest BCUT2D eigenvalue weighted by Crippen LogP contribution is -2.41. The van der Waals surface area contributed by atoms with E-state index in [1.54, 1.807) is 6.08 Å². The van der Waals surface area contributed by atoms with Crippen LogP contribution < -0.4 is 4.74 Å². The second-order valence-electron chi connectivity index (χ2n) is 5.87. The largest absolute Gasteiger partial charge is 0.494 e. The van der Waals surface area contributed by atoms with Gasteiger partial charge in [-0.15, -0.1) is 0 Å². The van der Waals surface area contributed by atoms with Crippen molar-refractivity contribution in [2.24, 2.45) is 0 Å². The van der Waals surface area contributed by atoms with Gasteiger partial charge in [-0.2, -0.15) is 0 Å². The van der Waals surface area contributed by atoms with Crippen LogP contribution in [0.3, 0.4) is 0 Å². The molecule has 2 rings (SSSR count). The Morgan fingerprint density at radius 3 is 2.28 bits per heavy atom. The Kier molecular flexibility index (Phi) is 7.52. The standard InChI is InChI=1S/C19H26N2O3S/c1-4-11-20(12-5-2)14-21-18(22)17(25-19(21)23)13-15-7-9-16(10-8-15)24-6-3/h7-10,13H,4-6,11-12,14H2,1-3H3/b17-13+. The minimum absolute atomic E-state index is 0.195. The lowest BCUT2D eigenvalue weighted by Gasteiger charge is -2.25. The number of ether oxygens (including phenoxy) is 1. The van der Waals surface area contributed by atoms with E-state index in [4.69, 9.17) is 4.74 Å². The molecule has 25 heavy (non-hydrogen) atoms. The summed E-state index contributed by atoms with van der Waals surface area (Å²) >= 11 is 1.01. The number of rotatable bonds is 9. The van der Waals surface area contributed by atoms with Gasteiger partial charge in [-0.05, 0) is 68.4 Å². The van der Waals surface area contributed by atoms with Crippen LogP contribution in [0.25, 0.3) is 6.08 Å². The van der Waals surface area contributed by atoms with Crippen LogP contribution in [0.4, 0.5) is 4.79 Å². The fourth-order valence-corrected chi connectivity index (χ4v) is 3.52. The normalized spacial score (nSPS) is 16.3. The molecular weight excluding hydrogens is 336 g/mol. The Hall–Kier alpha value is -1.79. The van der Waals surface area contributed by atoms with Crippen LogP contribution in [-0.2, 0) is 4.79 Å². The third-order valence-electron chi connectivity index (χ3n) is 3.78. The predicted octanol–water partition coefficient (Wildman–Crippen LogP) is 4.20. The van der Waals surface area contributed by atoms with Gasteiger partial charge in [0, 0.05) is 0 Å². The first-order valence-corrected chi connectivity index (χ1v) is 9.61. The maximum absolute atomic E-state index is 12.6. The summed E-state index contributed by atoms with van der Waals surface area (Å²) in [6.07, 6.45) is 3.76. The van der Waals surface area contributed by atoms with E-state index in [0.29, 0.717) is 18.2 Å². The summed E-state index contributed by atoms with van der Waals surface area (Å²) in [5, 5.41) is -0.195. The highest BCUT2D eigenvalue weighted by atomic mass is 32.2. The first-order valence-electron chi connectivity index (χ1n) is 8.79. The zero-order valence-corrected chi connectivity index (χ0v) is 16.0. The number of thioether (sulfide) groups is 1. The number of benzene rings is 1. The number of imide groups is 1. The van der Waals surface area contributed by atoms with Crippen molar-refractivity contribution in [3.63, 3.8) is 0 Å². The first kappa shape index (κ1) is 19.5. The van der Waals surface area contributed by atoms with E-state index in [-0.39, 0.29) is 11.1 Å². The van der Waals surface area contributed by atoms with Crippen molar-refractivity contribution in [3.8, 4) is 5.75 Å². The molecule has 0 unspecified atom stereocenters. The van der Waals surface area contributed by atoms with E-state index < -0.39 is 0 Å². The molecule has 136 valence electrons. The fraction of sp³-hybridized carbons (Fsp3) is 0.474. The molecule has 1 fully saturated rings. The average Bonchev–Trinajstić information content (AvgIpc) is 2.85. The molecule has 5 nitrogen and oxygen atoms in total. The molecule has 0 spiro atoms. The number of hydrogen-bond donors (Lipinski definition) is 0. The van der Waals surface area contributed by atoms with E-state index in [0.717, 1.165) is 49.0 Å². The van der Waals surface area contributed by atoms with E-state index >= 15 is 0 Å². The molecule has 0 aromatic heterocycles. The predicted molar refractivity (Wildman–Crippen MR) is 102 cm³/mol. The van der Waals surface area contributed by atoms with Gasteiger partial charge in [0.2, 0.25) is 0 Å². The summed E-state index contributed by atoms with van der Waals surface area (Å²) in [7, 11) is 0. The van der Waals surface area contributed by atoms with Crippen LogP contribution in [0.1, 0.15) is 39.2 Å². The zero-order valence-electron chi connectivity index (χ0n) is 15.2. The molecule has 0 bridgehead atoms. The van der Waals surface area contributed by atoms with Gasteiger partial charge in [-0.1, -0.05) is 26.0 Å². The number of carbonyl (C=O) groups is 2. The number of amides is 2. The van der Waals surface area contributed by atoms with Crippen molar-refractivity contribution in [1.82, 2.24) is 9.80 Å². The van der Waals surface area contributed by atoms with Crippen LogP contribution in [0.5, 0.6) is 5.75 Å². The van der Waals surface area contributed by atoms with Crippen molar-refractivity contribution >= 4 is 29.0 Å². The second-order valence-corrected chi connectivity index (χ2v) is 6.86. The van der Waals surface area contributed by atoms with E-state index in [1.165, 1.54) is 4.90 Å². The maximum atomic E-state index is 12.6. The monoisotopic (exact) mass is 362 g/mol. The molecule has 1 aromatic rings. The number of carbonyl (C=O) groups excluding carboxylic acids is 2. The third kappa shape index (κ3) is 5.34. The summed E-state index contributed by atoms with van der Waals surface area (Å²) in [5.74, 6) is 0.587. The highest BCUT2D eigenvalue weighted by Gasteiger charge is 2.35. The molecule has 0 atom stereocenters. The van der Waals surface area contributed by atoms with Gasteiger partial charge < -0.3 is 4.74 Å². The minimum Gasteiger partial charge on any atom is -0.494 e. The van der Waals surface area contributed by atoms with Gasteiger partial charge in [-0.3, -0.25) is 19.4 Å². The molecule has 0 saturated carbocycles. The molecule has 6 heteroatoms. The summed E-state index contributed by atoms with van der Waals surface area (Å²) in [6, 6.07) is 7.51. The van der Waals surface area contributed by atoms with Crippen molar-refractivity contribution in [3.05, 3.63) is 34.7 Å². The van der Waals surface area contributed by atoms with Gasteiger partial charge in [0.25, 0.3) is 11.1 Å². The second kappa shape index (κ2) is 9.63. The molecular formula is C19H26N2O3S. The van der Waals surface area contributed by atoms with Crippen LogP contribution in [0.15, 0.2) is 29.2 Å². The van der Waals surface area contributed by atoms with E-state index in [9.17, 15) is 9.59 Å². The molecule has 0 radical (unpaired) electrons. The zero-order chi connectivity index (χ0) is 18.2. The summed E-state index contributed by atoms with van der Waals surface area (Å²) in [6.45, 7) is 8.88. The maximum Gasteiger partial charge on any atom is 0.294 e. The fourth-order valence-electron chi connectivity index (χ4n) is 2.69. The van der Waals surface area contributed by atoms with Gasteiger partial charge >= 0.3 is 0 Å². The number of nitrogens with zero attached hydrogens (tertiary/aromatic N) is 2. The Bertz CT molecular complexity index is 622. The Morgan fingerprint density at radius 1 is 1.08 bits per heavy atom. The summed E-state index contributed by atoms with van der Waals surface area (Å²) in [5.41, 5.74) is 0.882. The Balaban J connectivity index is 2.08. The van der Waals surface area contributed by atoms with Gasteiger partial charge in [-0.25, -0.2) is 0 Å². The third-order valence-corrected chi connectivity index (χ3v) is 4.69. The van der Waals surface area contributed by atoms with Crippen molar-refractivity contribution < 1.29 is 14.3 Å². The number of hydrogen-bond acceptors (Lipinski definition) is 5. The smallest absolute Gasteiger partial charge is 0.294 e. The molecule has 1 saturated heterocycles. The Morgan fingerprint density at radius 2 is 1.72 bits per heavy atom. The highest BCUT2D eigenvalue weighted by Crippen LogP contribution is 2.32. The average molecular weight is 362 g/mol. The lowest BCUT2D eigenvalue weighted by atomic mass is 10.2. The topological polar surface area (TPSA) is 49.9 Å². The van der Waals surface area contributed by atoms with Crippen LogP contribution in [0, 0.1) is 0 Å². The molecule has 1 aliphatic rings. The van der Waals surface area contributed by atoms with Gasteiger partial charge in [0.15, 0.2) is 0 Å². The summed E-state index contributed by atoms with van der Waals surface area (Å²) < 4.78 is 5.42. The van der Waals surface area contributed by atoms with E-state index in [2.05, 4.69) is 18.7 Å². The quantitative estimate of drug-likeness (QED) is 0.616. The lowest BCUT2D eigenvalue weighted by molar-refractivity contribution is -0.124. The van der Waals surface area contributed by atoms with Gasteiger partial charge in [0.05, 0.1) is 18.2 Å². The SMILES string of the molecule is CCCN(CCC)CN1C(=O)S/C(=C/c2ccc(OCC)cc2)C1=O. The van der Waals surface area contributed by atoms with Gasteiger partial charge in [0.1, 0.15) is 5.75 Å². The van der Waals surface area contributed by atoms with Crippen LogP contribution in [-0.4, -0.2) is 47.3 Å². The molecule has 1 aliphatic heterocycles. The molecule has 1 aromatic carbocycles. The highest BCUT2D eigenvalue weighted by molar-refractivity contribution is 8.18. The van der Waals surface area contributed by atoms with Crippen LogP contribution in [0.2, 0.25) is 0 Å². The molecule has 1 heterocycles.